The average molecular weight is 185 g/mol. The van der Waals surface area contributed by atoms with Gasteiger partial charge in [-0.25, -0.2) is 14.1 Å². The third-order valence-electron chi connectivity index (χ3n) is 0.679. The predicted molar refractivity (Wildman–Crippen MR) is 42.0 cm³/mol. The zero-order chi connectivity index (χ0) is 6.41. The van der Waals surface area contributed by atoms with Gasteiger partial charge >= 0.3 is 12.3 Å². The number of hydrogen-bond acceptors (Lipinski definition) is 0. The molecule has 0 aliphatic heterocycles. The Labute approximate surface area is 61.7 Å². The van der Waals surface area contributed by atoms with Crippen molar-refractivity contribution < 1.29 is 0 Å². The SMILES string of the molecule is C#C[CH2][Al]([Br])[CH2]C#C. The van der Waals surface area contributed by atoms with Gasteiger partial charge in [0.15, 0.2) is 0 Å². The highest BCUT2D eigenvalue weighted by Gasteiger charge is 2.08. The highest BCUT2D eigenvalue weighted by atomic mass is 79.9. The van der Waals surface area contributed by atoms with Crippen molar-refractivity contribution in [2.45, 2.75) is 10.6 Å². The van der Waals surface area contributed by atoms with E-state index >= 15 is 0 Å². The van der Waals surface area contributed by atoms with E-state index < -0.39 is 12.3 Å². The van der Waals surface area contributed by atoms with Crippen LogP contribution in [-0.2, 0) is 0 Å². The molecule has 0 unspecified atom stereocenters. The first-order chi connectivity index (χ1) is 3.81. The molecular weight excluding hydrogens is 179 g/mol. The minimum absolute atomic E-state index is 0.851. The molecule has 0 aliphatic carbocycles. The highest BCUT2D eigenvalue weighted by molar-refractivity contribution is 9.24. The molecule has 0 N–H and O–H groups in total. The molecule has 0 bridgehead atoms. The fourth-order valence-corrected chi connectivity index (χ4v) is 2.11. The van der Waals surface area contributed by atoms with E-state index in [-0.39, 0.29) is 0 Å². The normalized spacial score (nSPS) is 6.88. The molecule has 8 heavy (non-hydrogen) atoms. The van der Waals surface area contributed by atoms with Crippen molar-refractivity contribution in [1.82, 2.24) is 0 Å². The summed E-state index contributed by atoms with van der Waals surface area (Å²) in [4.78, 5) is 0. The lowest BCUT2D eigenvalue weighted by Crippen LogP contribution is -1.97. The summed E-state index contributed by atoms with van der Waals surface area (Å²) >= 11 is 2.59. The third kappa shape index (κ3) is 4.30. The standard InChI is InChI=1S/2C3H3.Al.BrH/c2*1-3-2;;/h2*1H,2H2;;1H/q;;+1;/p-1. The molecule has 0 saturated carbocycles. The molecule has 0 radical (unpaired) electrons. The van der Waals surface area contributed by atoms with Crippen LogP contribution < -0.4 is 0 Å². The van der Waals surface area contributed by atoms with E-state index in [4.69, 9.17) is 12.8 Å². The van der Waals surface area contributed by atoms with Crippen molar-refractivity contribution in [2.24, 2.45) is 0 Å². The van der Waals surface area contributed by atoms with Crippen LogP contribution in [-0.4, -0.2) is 12.3 Å². The number of hydrogen-bond donors (Lipinski definition) is 0. The monoisotopic (exact) mass is 184 g/mol. The van der Waals surface area contributed by atoms with Crippen molar-refractivity contribution in [3.8, 4) is 24.7 Å². The Morgan fingerprint density at radius 2 is 1.62 bits per heavy atom. The second kappa shape index (κ2) is 5.27. The zero-order valence-electron chi connectivity index (χ0n) is 4.52. The fraction of sp³-hybridized carbons (Fsp3) is 0.333. The molecule has 2 heteroatoms. The Kier molecular flexibility index (Phi) is 5.36. The van der Waals surface area contributed by atoms with Crippen molar-refractivity contribution in [2.75, 3.05) is 0 Å². The van der Waals surface area contributed by atoms with Crippen molar-refractivity contribution in [3.63, 3.8) is 0 Å². The minimum Gasteiger partial charge on any atom is -0.215 e. The van der Waals surface area contributed by atoms with Crippen LogP contribution in [0.3, 0.4) is 0 Å². The summed E-state index contributed by atoms with van der Waals surface area (Å²) in [5.74, 6) is 5.14. The molecule has 0 aromatic rings. The zero-order valence-corrected chi connectivity index (χ0v) is 7.26. The van der Waals surface area contributed by atoms with Crippen molar-refractivity contribution in [1.29, 1.82) is 0 Å². The van der Waals surface area contributed by atoms with Gasteiger partial charge in [0.1, 0.15) is 0 Å². The van der Waals surface area contributed by atoms with Crippen LogP contribution in [0.15, 0.2) is 0 Å². The number of halogens is 1. The van der Waals surface area contributed by atoms with Gasteiger partial charge in [0.25, 0.3) is 0 Å². The molecule has 0 atom stereocenters. The van der Waals surface area contributed by atoms with Gasteiger partial charge < -0.3 is 0 Å². The first kappa shape index (κ1) is 8.13. The van der Waals surface area contributed by atoms with Crippen LogP contribution in [0.25, 0.3) is 0 Å². The Morgan fingerprint density at radius 3 is 1.88 bits per heavy atom. The van der Waals surface area contributed by atoms with Crippen LogP contribution in [0.2, 0.25) is 10.6 Å². The largest absolute Gasteiger partial charge is 0.390 e. The summed E-state index contributed by atoms with van der Waals surface area (Å²) in [6.07, 6.45) is 10.1. The topological polar surface area (TPSA) is 0 Å². The quantitative estimate of drug-likeness (QED) is 0.453. The molecular formula is C6H6AlBr. The lowest BCUT2D eigenvalue weighted by Gasteiger charge is -1.87. The van der Waals surface area contributed by atoms with E-state index in [1.807, 2.05) is 0 Å². The first-order valence-corrected chi connectivity index (χ1v) is 7.14. The second-order valence-corrected chi connectivity index (χ2v) is 7.31. The Bertz CT molecular complexity index is 112. The summed E-state index contributed by atoms with van der Waals surface area (Å²) < 4.78 is 0. The van der Waals surface area contributed by atoms with Gasteiger partial charge in [-0.15, -0.1) is 24.7 Å². The van der Waals surface area contributed by atoms with Crippen molar-refractivity contribution in [3.05, 3.63) is 0 Å². The summed E-state index contributed by atoms with van der Waals surface area (Å²) in [7, 11) is 0. The fourth-order valence-electron chi connectivity index (χ4n) is 0.328. The van der Waals surface area contributed by atoms with Gasteiger partial charge in [-0.2, -0.15) is 0 Å². The molecule has 0 spiro atoms. The maximum Gasteiger partial charge on any atom is 0.390 e. The highest BCUT2D eigenvalue weighted by Crippen LogP contribution is 2.03. The van der Waals surface area contributed by atoms with Crippen LogP contribution in [0, 0.1) is 24.7 Å². The van der Waals surface area contributed by atoms with Gasteiger partial charge in [-0.05, 0) is 10.6 Å². The van der Waals surface area contributed by atoms with Crippen LogP contribution in [0.1, 0.15) is 0 Å². The molecule has 0 aliphatic rings. The predicted octanol–water partition coefficient (Wildman–Crippen LogP) is 1.64. The smallest absolute Gasteiger partial charge is 0.215 e. The summed E-state index contributed by atoms with van der Waals surface area (Å²) in [6.45, 7) is 0. The Morgan fingerprint density at radius 1 is 1.25 bits per heavy atom. The van der Waals surface area contributed by atoms with E-state index in [1.165, 1.54) is 0 Å². The molecule has 0 rings (SSSR count). The van der Waals surface area contributed by atoms with E-state index in [9.17, 15) is 0 Å². The van der Waals surface area contributed by atoms with Crippen LogP contribution in [0.4, 0.5) is 0 Å². The van der Waals surface area contributed by atoms with E-state index in [0.717, 1.165) is 10.6 Å². The van der Waals surface area contributed by atoms with Crippen molar-refractivity contribution >= 4 is 26.4 Å². The summed E-state index contributed by atoms with van der Waals surface area (Å²) in [5.41, 5.74) is 0. The van der Waals surface area contributed by atoms with Crippen LogP contribution in [0.5, 0.6) is 0 Å². The maximum atomic E-state index is 5.05. The minimum atomic E-state index is -0.862. The molecule has 0 aromatic heterocycles. The van der Waals surface area contributed by atoms with E-state index in [2.05, 4.69) is 25.9 Å². The molecule has 0 nitrogen and oxygen atoms in total. The first-order valence-electron chi connectivity index (χ1n) is 2.32. The van der Waals surface area contributed by atoms with Gasteiger partial charge in [-0.1, -0.05) is 0 Å². The summed E-state index contributed by atoms with van der Waals surface area (Å²) in [6, 6.07) is 0. The Hall–Kier alpha value is 0.132. The summed E-state index contributed by atoms with van der Waals surface area (Å²) in [5, 5.41) is 1.70. The lowest BCUT2D eigenvalue weighted by molar-refractivity contribution is 1.69. The number of terminal acetylenes is 2. The van der Waals surface area contributed by atoms with E-state index in [1.54, 1.807) is 0 Å². The molecule has 0 amide bonds. The van der Waals surface area contributed by atoms with Crippen LogP contribution >= 0.6 is 14.1 Å². The molecule has 40 valence electrons. The molecule has 0 aromatic carbocycles. The van der Waals surface area contributed by atoms with Gasteiger partial charge in [0.05, 0.1) is 0 Å². The van der Waals surface area contributed by atoms with Gasteiger partial charge in [-0.3, -0.25) is 0 Å². The maximum absolute atomic E-state index is 5.05. The van der Waals surface area contributed by atoms with Gasteiger partial charge in [0.2, 0.25) is 0 Å². The Balaban J connectivity index is 3.25. The lowest BCUT2D eigenvalue weighted by atomic mass is 10.8. The average Bonchev–Trinajstić information content (AvgIpc) is 1.68. The third-order valence-corrected chi connectivity index (χ3v) is 3.98. The second-order valence-electron chi connectivity index (χ2n) is 1.41. The molecule has 0 saturated heterocycles. The molecule has 0 fully saturated rings. The number of rotatable bonds is 2. The molecule has 0 heterocycles. The van der Waals surface area contributed by atoms with Gasteiger partial charge in [0, 0.05) is 0 Å². The van der Waals surface area contributed by atoms with E-state index in [0.29, 0.717) is 0 Å².